The lowest BCUT2D eigenvalue weighted by molar-refractivity contribution is 0.518. The maximum Gasteiger partial charge on any atom is 0.0287 e. The maximum absolute atomic E-state index is 3.31. The van der Waals surface area contributed by atoms with Gasteiger partial charge in [-0.15, -0.1) is 5.70 Å². The lowest BCUT2D eigenvalue weighted by atomic mass is 10.3. The Balaban J connectivity index is -0.000000196. The molecule has 0 fully saturated rings. The highest BCUT2D eigenvalue weighted by molar-refractivity contribution is 6.16. The van der Waals surface area contributed by atoms with Gasteiger partial charge < -0.3 is 10.6 Å². The Morgan fingerprint density at radius 3 is 0.833 bits per heavy atom. The van der Waals surface area contributed by atoms with Gasteiger partial charge in [-0.05, 0) is 6.92 Å². The summed E-state index contributed by atoms with van der Waals surface area (Å²) in [5, 5.41) is 6.61. The summed E-state index contributed by atoms with van der Waals surface area (Å²) >= 11 is 0. The average Bonchev–Trinajstić information content (AvgIpc) is 2.14. The first-order chi connectivity index (χ1) is 8.17. The first kappa shape index (κ1) is 23.0. The van der Waals surface area contributed by atoms with Crippen LogP contribution in [-0.4, -0.2) is 34.4 Å². The Labute approximate surface area is 119 Å². The van der Waals surface area contributed by atoms with Gasteiger partial charge in [0.2, 0.25) is 0 Å². The second-order valence-electron chi connectivity index (χ2n) is 5.62. The van der Waals surface area contributed by atoms with Crippen molar-refractivity contribution in [2.75, 3.05) is 0 Å². The molecule has 0 aromatic heterocycles. The maximum atomic E-state index is 3.31. The zero-order chi connectivity index (χ0) is 15.1. The monoisotopic (exact) mass is 274 g/mol. The van der Waals surface area contributed by atoms with Gasteiger partial charge in [-0.3, -0.25) is 0 Å². The van der Waals surface area contributed by atoms with Crippen LogP contribution in [0.4, 0.5) is 0 Å². The predicted molar refractivity (Wildman–Crippen MR) is 91.6 cm³/mol. The Morgan fingerprint density at radius 2 is 0.833 bits per heavy atom. The van der Waals surface area contributed by atoms with Crippen molar-refractivity contribution in [1.29, 1.82) is 0 Å². The number of hydrogen-bond acceptors (Lipinski definition) is 2. The Bertz CT molecular complexity index is 134. The van der Waals surface area contributed by atoms with Crippen LogP contribution in [0.5, 0.6) is 0 Å². The van der Waals surface area contributed by atoms with Crippen molar-refractivity contribution in [2.45, 2.75) is 86.5 Å². The number of hydrogen-bond donors (Lipinski definition) is 2. The van der Waals surface area contributed by atoms with E-state index in [1.54, 1.807) is 0 Å². The molecule has 0 heterocycles. The quantitative estimate of drug-likeness (QED) is 0.770. The molecule has 0 aromatic carbocycles. The minimum absolute atomic E-state index is 0.625. The molecule has 0 aliphatic heterocycles. The lowest BCUT2D eigenvalue weighted by Crippen LogP contribution is -2.29. The molecule has 18 heavy (non-hydrogen) atoms. The van der Waals surface area contributed by atoms with Crippen LogP contribution in [-0.2, 0) is 0 Å². The van der Waals surface area contributed by atoms with Crippen LogP contribution < -0.4 is 10.6 Å². The van der Waals surface area contributed by atoms with Crippen LogP contribution in [0, 0.1) is 0 Å². The minimum atomic E-state index is 0.625. The van der Waals surface area contributed by atoms with Crippen molar-refractivity contribution < 1.29 is 0 Å². The summed E-state index contributed by atoms with van der Waals surface area (Å²) in [4.78, 5) is 0. The molecular formula is C15H38N2Si. The SMILES string of the molecule is CC(C)NC(C)C.CC(C)NC(C)C.CC=C[SiH3]. The summed E-state index contributed by atoms with van der Waals surface area (Å²) in [5.41, 5.74) is 2.14. The molecule has 0 saturated heterocycles. The summed E-state index contributed by atoms with van der Waals surface area (Å²) in [6.45, 7) is 19.3. The Kier molecular flexibility index (Phi) is 21.6. The first-order valence-corrected chi connectivity index (χ1v) is 8.42. The molecule has 0 spiro atoms. The van der Waals surface area contributed by atoms with Crippen molar-refractivity contribution in [3.63, 3.8) is 0 Å². The molecule has 0 aromatic rings. The standard InChI is InChI=1S/2C6H15N.C3H8Si/c2*1-5(2)7-6(3)4;1-2-3-4/h2*5-7H,1-4H3;2-3H,1,4H3. The summed E-state index contributed by atoms with van der Waals surface area (Å²) in [6, 6.07) is 2.50. The average molecular weight is 275 g/mol. The van der Waals surface area contributed by atoms with Gasteiger partial charge in [0, 0.05) is 34.4 Å². The normalized spacial score (nSPS) is 10.9. The summed E-state index contributed by atoms with van der Waals surface area (Å²) < 4.78 is 0. The summed E-state index contributed by atoms with van der Waals surface area (Å²) in [7, 11) is 1.21. The van der Waals surface area contributed by atoms with Crippen molar-refractivity contribution in [3.8, 4) is 0 Å². The molecule has 0 aliphatic rings. The van der Waals surface area contributed by atoms with Crippen LogP contribution >= 0.6 is 0 Å². The van der Waals surface area contributed by atoms with E-state index in [2.05, 4.69) is 77.8 Å². The molecule has 2 N–H and O–H groups in total. The molecule has 2 nitrogen and oxygen atoms in total. The number of allylic oxidation sites excluding steroid dienone is 1. The molecular weight excluding hydrogens is 236 g/mol. The van der Waals surface area contributed by atoms with E-state index in [4.69, 9.17) is 0 Å². The minimum Gasteiger partial charge on any atom is -0.312 e. The largest absolute Gasteiger partial charge is 0.312 e. The molecule has 112 valence electrons. The van der Waals surface area contributed by atoms with Crippen LogP contribution in [0.25, 0.3) is 0 Å². The zero-order valence-electron chi connectivity index (χ0n) is 14.5. The van der Waals surface area contributed by atoms with Crippen LogP contribution in [0.1, 0.15) is 62.3 Å². The zero-order valence-corrected chi connectivity index (χ0v) is 16.5. The summed E-state index contributed by atoms with van der Waals surface area (Å²) in [6.07, 6.45) is 2.06. The van der Waals surface area contributed by atoms with E-state index < -0.39 is 0 Å². The molecule has 3 heteroatoms. The number of nitrogens with one attached hydrogen (secondary N) is 2. The van der Waals surface area contributed by atoms with Crippen molar-refractivity contribution in [3.05, 3.63) is 11.8 Å². The molecule has 0 radical (unpaired) electrons. The van der Waals surface area contributed by atoms with Gasteiger partial charge >= 0.3 is 0 Å². The molecule has 0 unspecified atom stereocenters. The third-order valence-electron chi connectivity index (χ3n) is 1.67. The Hall–Kier alpha value is -0.123. The molecule has 0 atom stereocenters. The lowest BCUT2D eigenvalue weighted by Gasteiger charge is -2.10. The molecule has 0 aliphatic carbocycles. The fraction of sp³-hybridized carbons (Fsp3) is 0.867. The van der Waals surface area contributed by atoms with Gasteiger partial charge in [-0.2, -0.15) is 0 Å². The van der Waals surface area contributed by atoms with Crippen molar-refractivity contribution >= 4 is 10.2 Å². The van der Waals surface area contributed by atoms with Crippen molar-refractivity contribution in [1.82, 2.24) is 10.6 Å². The van der Waals surface area contributed by atoms with E-state index in [9.17, 15) is 0 Å². The van der Waals surface area contributed by atoms with E-state index in [0.29, 0.717) is 24.2 Å². The van der Waals surface area contributed by atoms with E-state index in [-0.39, 0.29) is 0 Å². The fourth-order valence-electron chi connectivity index (χ4n) is 1.33. The second kappa shape index (κ2) is 16.9. The van der Waals surface area contributed by atoms with Gasteiger partial charge in [0.15, 0.2) is 0 Å². The van der Waals surface area contributed by atoms with Crippen molar-refractivity contribution in [2.24, 2.45) is 0 Å². The smallest absolute Gasteiger partial charge is 0.0287 e. The predicted octanol–water partition coefficient (Wildman–Crippen LogP) is 2.67. The molecule has 0 rings (SSSR count). The van der Waals surface area contributed by atoms with Crippen LogP contribution in [0.15, 0.2) is 11.8 Å². The third-order valence-corrected chi connectivity index (χ3v) is 2.33. The number of rotatable bonds is 4. The Morgan fingerprint density at radius 1 is 0.667 bits per heavy atom. The van der Waals surface area contributed by atoms with Gasteiger partial charge in [0.25, 0.3) is 0 Å². The van der Waals surface area contributed by atoms with Gasteiger partial charge in [0.1, 0.15) is 0 Å². The van der Waals surface area contributed by atoms with E-state index in [0.717, 1.165) is 0 Å². The van der Waals surface area contributed by atoms with Crippen LogP contribution in [0.2, 0.25) is 0 Å². The first-order valence-electron chi connectivity index (χ1n) is 7.26. The fourth-order valence-corrected chi connectivity index (χ4v) is 1.33. The van der Waals surface area contributed by atoms with E-state index in [1.165, 1.54) is 10.2 Å². The summed E-state index contributed by atoms with van der Waals surface area (Å²) in [5.74, 6) is 0. The van der Waals surface area contributed by atoms with E-state index >= 15 is 0 Å². The molecule has 0 bridgehead atoms. The van der Waals surface area contributed by atoms with Gasteiger partial charge in [0.05, 0.1) is 0 Å². The van der Waals surface area contributed by atoms with Gasteiger partial charge in [-0.1, -0.05) is 61.5 Å². The highest BCUT2D eigenvalue weighted by Gasteiger charge is 1.93. The highest BCUT2D eigenvalue weighted by Crippen LogP contribution is 1.81. The third kappa shape index (κ3) is 44.6. The molecule has 0 amide bonds. The molecule has 0 saturated carbocycles. The topological polar surface area (TPSA) is 24.1 Å². The highest BCUT2D eigenvalue weighted by atomic mass is 28.1. The van der Waals surface area contributed by atoms with Crippen LogP contribution in [0.3, 0.4) is 0 Å². The van der Waals surface area contributed by atoms with E-state index in [1.807, 2.05) is 6.92 Å². The second-order valence-corrected chi connectivity index (χ2v) is 6.29. The van der Waals surface area contributed by atoms with Gasteiger partial charge in [-0.25, -0.2) is 0 Å².